The molecule has 0 aromatic carbocycles. The van der Waals surface area contributed by atoms with Gasteiger partial charge in [-0.25, -0.2) is 4.98 Å². The maximum absolute atomic E-state index is 12.7. The largest absolute Gasteiger partial charge is 0.459 e. The highest BCUT2D eigenvalue weighted by molar-refractivity contribution is 7.13. The second-order valence-corrected chi connectivity index (χ2v) is 7.19. The molecule has 24 heavy (non-hydrogen) atoms. The number of hydrogen-bond donors (Lipinski definition) is 1. The molecular weight excluding hydrogens is 326 g/mol. The third-order valence-corrected chi connectivity index (χ3v) is 5.32. The summed E-state index contributed by atoms with van der Waals surface area (Å²) >= 11 is 1.45. The number of aromatic nitrogens is 1. The highest BCUT2D eigenvalue weighted by atomic mass is 32.1. The van der Waals surface area contributed by atoms with Gasteiger partial charge in [-0.15, -0.1) is 11.3 Å². The van der Waals surface area contributed by atoms with Crippen molar-refractivity contribution in [3.8, 4) is 0 Å². The molecule has 2 aromatic rings. The summed E-state index contributed by atoms with van der Waals surface area (Å²) in [4.78, 5) is 31.4. The highest BCUT2D eigenvalue weighted by Gasteiger charge is 2.34. The first-order valence-corrected chi connectivity index (χ1v) is 9.21. The average molecular weight is 345 g/mol. The summed E-state index contributed by atoms with van der Waals surface area (Å²) in [6, 6.07) is 2.85. The van der Waals surface area contributed by atoms with Gasteiger partial charge >= 0.3 is 0 Å². The molecule has 0 bridgehead atoms. The minimum atomic E-state index is -0.468. The van der Waals surface area contributed by atoms with Gasteiger partial charge in [0.1, 0.15) is 6.04 Å². The van der Waals surface area contributed by atoms with E-state index >= 15 is 0 Å². The number of anilines is 1. The van der Waals surface area contributed by atoms with Crippen molar-refractivity contribution in [3.63, 3.8) is 0 Å². The van der Waals surface area contributed by atoms with E-state index in [2.05, 4.69) is 10.3 Å². The van der Waals surface area contributed by atoms with Gasteiger partial charge in [0.25, 0.3) is 5.91 Å². The van der Waals surface area contributed by atoms with Crippen LogP contribution in [0.4, 0.5) is 5.13 Å². The van der Waals surface area contributed by atoms with E-state index in [0.717, 1.165) is 18.5 Å². The number of piperidine rings is 1. The van der Waals surface area contributed by atoms with Gasteiger partial charge in [-0.1, -0.05) is 0 Å². The van der Waals surface area contributed by atoms with Gasteiger partial charge in [0, 0.05) is 17.8 Å². The third-order valence-electron chi connectivity index (χ3n) is 4.55. The van der Waals surface area contributed by atoms with Crippen LogP contribution in [0.2, 0.25) is 0 Å². The fourth-order valence-electron chi connectivity index (χ4n) is 3.09. The molecule has 126 valence electrons. The lowest BCUT2D eigenvalue weighted by molar-refractivity contribution is -0.121. The number of carbonyl (C=O) groups excluding carboxylic acids is 2. The fraction of sp³-hybridized carbons (Fsp3) is 0.471. The molecular formula is C17H19N3O3S. The lowest BCUT2D eigenvalue weighted by Crippen LogP contribution is -2.49. The number of hydrogen-bond acceptors (Lipinski definition) is 5. The van der Waals surface area contributed by atoms with Crippen LogP contribution in [0.3, 0.4) is 0 Å². The SMILES string of the molecule is O=C(Nc1nc(C2CC2)cs1)[C@@H]1CCCCN1C(=O)c1ccco1. The minimum absolute atomic E-state index is 0.161. The summed E-state index contributed by atoms with van der Waals surface area (Å²) in [6.07, 6.45) is 6.35. The molecule has 7 heteroatoms. The van der Waals surface area contributed by atoms with Gasteiger partial charge in [0.2, 0.25) is 5.91 Å². The highest BCUT2D eigenvalue weighted by Crippen LogP contribution is 2.40. The van der Waals surface area contributed by atoms with E-state index in [0.29, 0.717) is 24.0 Å². The topological polar surface area (TPSA) is 75.4 Å². The van der Waals surface area contributed by atoms with Crippen LogP contribution < -0.4 is 5.32 Å². The zero-order valence-electron chi connectivity index (χ0n) is 13.2. The van der Waals surface area contributed by atoms with Crippen LogP contribution >= 0.6 is 11.3 Å². The Morgan fingerprint density at radius 2 is 2.17 bits per heavy atom. The predicted octanol–water partition coefficient (Wildman–Crippen LogP) is 3.25. The van der Waals surface area contributed by atoms with Gasteiger partial charge in [-0.05, 0) is 44.2 Å². The lowest BCUT2D eigenvalue weighted by atomic mass is 10.0. The van der Waals surface area contributed by atoms with E-state index in [1.54, 1.807) is 17.0 Å². The molecule has 6 nitrogen and oxygen atoms in total. The Balaban J connectivity index is 1.46. The first kappa shape index (κ1) is 15.4. The van der Waals surface area contributed by atoms with Crippen molar-refractivity contribution in [2.24, 2.45) is 0 Å². The molecule has 0 radical (unpaired) electrons. The Kier molecular flexibility index (Phi) is 4.10. The minimum Gasteiger partial charge on any atom is -0.459 e. The Morgan fingerprint density at radius 3 is 2.92 bits per heavy atom. The molecule has 1 N–H and O–H groups in total. The van der Waals surface area contributed by atoms with E-state index < -0.39 is 6.04 Å². The monoisotopic (exact) mass is 345 g/mol. The summed E-state index contributed by atoms with van der Waals surface area (Å²) < 4.78 is 5.20. The summed E-state index contributed by atoms with van der Waals surface area (Å²) in [7, 11) is 0. The van der Waals surface area contributed by atoms with Gasteiger partial charge in [-0.2, -0.15) is 0 Å². The Hall–Kier alpha value is -2.15. The van der Waals surface area contributed by atoms with E-state index in [9.17, 15) is 9.59 Å². The molecule has 1 saturated heterocycles. The van der Waals surface area contributed by atoms with E-state index in [1.165, 1.54) is 30.4 Å². The molecule has 1 aliphatic heterocycles. The van der Waals surface area contributed by atoms with Gasteiger partial charge in [0.05, 0.1) is 12.0 Å². The summed E-state index contributed by atoms with van der Waals surface area (Å²) in [6.45, 7) is 0.572. The molecule has 0 unspecified atom stereocenters. The van der Waals surface area contributed by atoms with Gasteiger partial charge < -0.3 is 14.6 Å². The van der Waals surface area contributed by atoms with E-state index in [4.69, 9.17) is 4.42 Å². The van der Waals surface area contributed by atoms with Crippen molar-refractivity contribution >= 4 is 28.3 Å². The van der Waals surface area contributed by atoms with Crippen molar-refractivity contribution in [1.29, 1.82) is 0 Å². The summed E-state index contributed by atoms with van der Waals surface area (Å²) in [5.41, 5.74) is 1.07. The van der Waals surface area contributed by atoms with E-state index in [-0.39, 0.29) is 17.6 Å². The van der Waals surface area contributed by atoms with Crippen molar-refractivity contribution in [2.45, 2.75) is 44.1 Å². The predicted molar refractivity (Wildman–Crippen MR) is 90.1 cm³/mol. The standard InChI is InChI=1S/C17H19N3O3S/c21-15(19-17-18-12(10-24-17)11-6-7-11)13-4-1-2-8-20(13)16(22)14-5-3-9-23-14/h3,5,9-11,13H,1-2,4,6-8H2,(H,18,19,21)/t13-/m0/s1. The zero-order chi connectivity index (χ0) is 16.5. The van der Waals surface area contributed by atoms with Crippen LogP contribution in [0, 0.1) is 0 Å². The average Bonchev–Trinajstić information content (AvgIpc) is 3.11. The molecule has 3 heterocycles. The normalized spacial score (nSPS) is 20.8. The van der Waals surface area contributed by atoms with Crippen LogP contribution in [-0.4, -0.2) is 34.3 Å². The van der Waals surface area contributed by atoms with Crippen LogP contribution in [0.1, 0.15) is 54.3 Å². The quantitative estimate of drug-likeness (QED) is 0.923. The number of rotatable bonds is 4. The third kappa shape index (κ3) is 3.08. The van der Waals surface area contributed by atoms with Gasteiger partial charge in [-0.3, -0.25) is 9.59 Å². The number of nitrogens with zero attached hydrogens (tertiary/aromatic N) is 2. The molecule has 2 aromatic heterocycles. The summed E-state index contributed by atoms with van der Waals surface area (Å²) in [5.74, 6) is 0.461. The number of furan rings is 1. The molecule has 4 rings (SSSR count). The lowest BCUT2D eigenvalue weighted by Gasteiger charge is -2.33. The first-order chi connectivity index (χ1) is 11.7. The fourth-order valence-corrected chi connectivity index (χ4v) is 3.88. The van der Waals surface area contributed by atoms with Crippen LogP contribution in [0.15, 0.2) is 28.2 Å². The van der Waals surface area contributed by atoms with Crippen LogP contribution in [-0.2, 0) is 4.79 Å². The van der Waals surface area contributed by atoms with Crippen molar-refractivity contribution < 1.29 is 14.0 Å². The molecule has 1 saturated carbocycles. The number of amides is 2. The number of carbonyl (C=O) groups is 2. The summed E-state index contributed by atoms with van der Waals surface area (Å²) in [5, 5.41) is 5.53. The maximum Gasteiger partial charge on any atom is 0.290 e. The first-order valence-electron chi connectivity index (χ1n) is 8.33. The molecule has 0 spiro atoms. The second-order valence-electron chi connectivity index (χ2n) is 6.33. The van der Waals surface area contributed by atoms with Crippen molar-refractivity contribution in [3.05, 3.63) is 35.2 Å². The number of likely N-dealkylation sites (tertiary alicyclic amines) is 1. The van der Waals surface area contributed by atoms with Crippen molar-refractivity contribution in [1.82, 2.24) is 9.88 Å². The molecule has 2 amide bonds. The smallest absolute Gasteiger partial charge is 0.290 e. The Morgan fingerprint density at radius 1 is 1.29 bits per heavy atom. The molecule has 1 aliphatic carbocycles. The molecule has 2 fully saturated rings. The van der Waals surface area contributed by atoms with Gasteiger partial charge in [0.15, 0.2) is 10.9 Å². The maximum atomic E-state index is 12.7. The molecule has 1 atom stereocenters. The van der Waals surface area contributed by atoms with Crippen LogP contribution in [0.5, 0.6) is 0 Å². The second kappa shape index (κ2) is 6.39. The Bertz CT molecular complexity index is 736. The van der Waals surface area contributed by atoms with Crippen LogP contribution in [0.25, 0.3) is 0 Å². The molecule has 2 aliphatic rings. The zero-order valence-corrected chi connectivity index (χ0v) is 14.1. The number of thiazole rings is 1. The number of nitrogens with one attached hydrogen (secondary N) is 1. The Labute approximate surface area is 143 Å². The van der Waals surface area contributed by atoms with Crippen molar-refractivity contribution in [2.75, 3.05) is 11.9 Å². The van der Waals surface area contributed by atoms with E-state index in [1.807, 2.05) is 5.38 Å².